The molecule has 0 aliphatic carbocycles. The van der Waals surface area contributed by atoms with Crippen LogP contribution in [0.3, 0.4) is 0 Å². The summed E-state index contributed by atoms with van der Waals surface area (Å²) in [6, 6.07) is 0. The maximum atomic E-state index is 11.5. The first-order chi connectivity index (χ1) is 7.63. The third-order valence-electron chi connectivity index (χ3n) is 2.42. The van der Waals surface area contributed by atoms with Gasteiger partial charge in [-0.25, -0.2) is 0 Å². The van der Waals surface area contributed by atoms with Crippen LogP contribution in [-0.2, 0) is 13.1 Å². The summed E-state index contributed by atoms with van der Waals surface area (Å²) in [6.45, 7) is 5.11. The molecular weight excluding hydrogens is 246 g/mol. The van der Waals surface area contributed by atoms with Crippen molar-refractivity contribution < 1.29 is 0 Å². The molecule has 0 amide bonds. The van der Waals surface area contributed by atoms with Crippen molar-refractivity contribution in [2.24, 2.45) is 0 Å². The molecule has 0 fully saturated rings. The van der Waals surface area contributed by atoms with Gasteiger partial charge in [0.25, 0.3) is 0 Å². The van der Waals surface area contributed by atoms with E-state index in [1.807, 2.05) is 18.5 Å². The molecular formula is C10H12ClN3OS. The average Bonchev–Trinajstić information content (AvgIpc) is 2.78. The minimum absolute atomic E-state index is 0.0255. The maximum absolute atomic E-state index is 11.5. The highest BCUT2D eigenvalue weighted by Crippen LogP contribution is 2.20. The Kier molecular flexibility index (Phi) is 3.16. The van der Waals surface area contributed by atoms with Crippen molar-refractivity contribution in [1.82, 2.24) is 14.3 Å². The van der Waals surface area contributed by atoms with Gasteiger partial charge in [-0.15, -0.1) is 0 Å². The fourth-order valence-electron chi connectivity index (χ4n) is 1.59. The summed E-state index contributed by atoms with van der Waals surface area (Å²) >= 11 is 7.35. The zero-order chi connectivity index (χ0) is 11.7. The van der Waals surface area contributed by atoms with Crippen LogP contribution >= 0.6 is 22.9 Å². The van der Waals surface area contributed by atoms with Crippen LogP contribution in [0.4, 0.5) is 0 Å². The lowest BCUT2D eigenvalue weighted by atomic mass is 10.3. The Labute approximate surface area is 102 Å². The van der Waals surface area contributed by atoms with Gasteiger partial charge >= 0.3 is 4.87 Å². The van der Waals surface area contributed by atoms with Crippen LogP contribution in [0.1, 0.15) is 18.3 Å². The molecule has 0 aromatic carbocycles. The monoisotopic (exact) mass is 257 g/mol. The fourth-order valence-corrected chi connectivity index (χ4v) is 2.37. The summed E-state index contributed by atoms with van der Waals surface area (Å²) in [5.41, 5.74) is 1.70. The lowest BCUT2D eigenvalue weighted by molar-refractivity contribution is 0.595. The molecule has 86 valence electrons. The van der Waals surface area contributed by atoms with Crippen LogP contribution in [-0.4, -0.2) is 14.3 Å². The van der Waals surface area contributed by atoms with E-state index in [-0.39, 0.29) is 4.87 Å². The molecule has 0 N–H and O–H groups in total. The van der Waals surface area contributed by atoms with Crippen molar-refractivity contribution >= 4 is 22.9 Å². The number of thiazole rings is 1. The highest BCUT2D eigenvalue weighted by molar-refractivity contribution is 7.07. The predicted molar refractivity (Wildman–Crippen MR) is 65.3 cm³/mol. The SMILES string of the molecule is CCn1nc(C)c(Cl)c1Cn1ccsc1=O. The number of rotatable bonds is 3. The van der Waals surface area contributed by atoms with Gasteiger partial charge in [-0.2, -0.15) is 5.10 Å². The van der Waals surface area contributed by atoms with Crippen LogP contribution in [0.15, 0.2) is 16.4 Å². The van der Waals surface area contributed by atoms with Gasteiger partial charge in [0.15, 0.2) is 0 Å². The van der Waals surface area contributed by atoms with E-state index < -0.39 is 0 Å². The Balaban J connectivity index is 2.41. The number of aromatic nitrogens is 3. The third kappa shape index (κ3) is 1.92. The van der Waals surface area contributed by atoms with Crippen molar-refractivity contribution in [2.45, 2.75) is 26.9 Å². The molecule has 0 saturated carbocycles. The van der Waals surface area contributed by atoms with E-state index >= 15 is 0 Å². The van der Waals surface area contributed by atoms with Crippen molar-refractivity contribution in [3.05, 3.63) is 37.7 Å². The summed E-state index contributed by atoms with van der Waals surface area (Å²) in [5, 5.41) is 6.74. The third-order valence-corrected chi connectivity index (χ3v) is 3.60. The first-order valence-electron chi connectivity index (χ1n) is 4.99. The van der Waals surface area contributed by atoms with Gasteiger partial charge in [0, 0.05) is 18.1 Å². The Morgan fingerprint density at radius 1 is 1.56 bits per heavy atom. The molecule has 2 aromatic rings. The highest BCUT2D eigenvalue weighted by atomic mass is 35.5. The molecule has 6 heteroatoms. The Hall–Kier alpha value is -1.07. The summed E-state index contributed by atoms with van der Waals surface area (Å²) in [4.78, 5) is 11.5. The standard InChI is InChI=1S/C10H12ClN3OS/c1-3-14-8(9(11)7(2)12-14)6-13-4-5-16-10(13)15/h4-5H,3,6H2,1-2H3. The molecule has 2 aromatic heterocycles. The van der Waals surface area contributed by atoms with Gasteiger partial charge in [0.1, 0.15) is 0 Å². The minimum atomic E-state index is 0.0255. The van der Waals surface area contributed by atoms with Crippen LogP contribution < -0.4 is 4.87 Å². The average molecular weight is 258 g/mol. The number of nitrogens with zero attached hydrogens (tertiary/aromatic N) is 3. The number of hydrogen-bond acceptors (Lipinski definition) is 3. The van der Waals surface area contributed by atoms with Gasteiger partial charge in [0.05, 0.1) is 23.0 Å². The Morgan fingerprint density at radius 3 is 2.88 bits per heavy atom. The number of aryl methyl sites for hydroxylation is 2. The van der Waals surface area contributed by atoms with E-state index in [1.165, 1.54) is 11.3 Å². The van der Waals surface area contributed by atoms with Gasteiger partial charge < -0.3 is 0 Å². The topological polar surface area (TPSA) is 39.8 Å². The summed E-state index contributed by atoms with van der Waals surface area (Å²) in [7, 11) is 0. The zero-order valence-corrected chi connectivity index (χ0v) is 10.7. The van der Waals surface area contributed by atoms with E-state index in [1.54, 1.807) is 16.1 Å². The molecule has 0 aliphatic heterocycles. The summed E-state index contributed by atoms with van der Waals surface area (Å²) in [6.07, 6.45) is 1.77. The normalized spacial score (nSPS) is 10.9. The second kappa shape index (κ2) is 4.43. The fraction of sp³-hybridized carbons (Fsp3) is 0.400. The van der Waals surface area contributed by atoms with E-state index in [2.05, 4.69) is 5.10 Å². The van der Waals surface area contributed by atoms with Gasteiger partial charge in [-0.1, -0.05) is 22.9 Å². The van der Waals surface area contributed by atoms with Crippen molar-refractivity contribution in [2.75, 3.05) is 0 Å². The zero-order valence-electron chi connectivity index (χ0n) is 9.11. The second-order valence-corrected chi connectivity index (χ2v) is 4.69. The van der Waals surface area contributed by atoms with Crippen molar-refractivity contribution in [3.8, 4) is 0 Å². The van der Waals surface area contributed by atoms with Crippen LogP contribution in [0, 0.1) is 6.92 Å². The lowest BCUT2D eigenvalue weighted by Gasteiger charge is -2.05. The molecule has 4 nitrogen and oxygen atoms in total. The van der Waals surface area contributed by atoms with E-state index in [4.69, 9.17) is 11.6 Å². The molecule has 0 radical (unpaired) electrons. The van der Waals surface area contributed by atoms with E-state index in [9.17, 15) is 4.79 Å². The molecule has 0 aliphatic rings. The second-order valence-electron chi connectivity index (χ2n) is 3.46. The summed E-state index contributed by atoms with van der Waals surface area (Å²) < 4.78 is 3.47. The van der Waals surface area contributed by atoms with Crippen LogP contribution in [0.2, 0.25) is 5.02 Å². The number of hydrogen-bond donors (Lipinski definition) is 0. The first-order valence-corrected chi connectivity index (χ1v) is 6.25. The van der Waals surface area contributed by atoms with E-state index in [0.29, 0.717) is 11.6 Å². The van der Waals surface area contributed by atoms with Gasteiger partial charge in [-0.05, 0) is 13.8 Å². The van der Waals surface area contributed by atoms with Crippen molar-refractivity contribution in [1.29, 1.82) is 0 Å². The quantitative estimate of drug-likeness (QED) is 0.845. The molecule has 16 heavy (non-hydrogen) atoms. The summed E-state index contributed by atoms with van der Waals surface area (Å²) in [5.74, 6) is 0. The molecule has 0 saturated heterocycles. The van der Waals surface area contributed by atoms with Gasteiger partial charge in [-0.3, -0.25) is 14.0 Å². The molecule has 0 unspecified atom stereocenters. The van der Waals surface area contributed by atoms with Gasteiger partial charge in [0.2, 0.25) is 0 Å². The van der Waals surface area contributed by atoms with E-state index in [0.717, 1.165) is 17.9 Å². The first kappa shape index (κ1) is 11.4. The molecule has 0 atom stereocenters. The number of halogens is 1. The maximum Gasteiger partial charge on any atom is 0.307 e. The minimum Gasteiger partial charge on any atom is -0.300 e. The Bertz CT molecular complexity index is 555. The lowest BCUT2D eigenvalue weighted by Crippen LogP contribution is -2.15. The smallest absolute Gasteiger partial charge is 0.300 e. The molecule has 2 rings (SSSR count). The Morgan fingerprint density at radius 2 is 2.31 bits per heavy atom. The largest absolute Gasteiger partial charge is 0.307 e. The van der Waals surface area contributed by atoms with Crippen LogP contribution in [0.5, 0.6) is 0 Å². The predicted octanol–water partition coefficient (Wildman–Crippen LogP) is 2.14. The molecule has 0 bridgehead atoms. The molecule has 0 spiro atoms. The molecule has 2 heterocycles. The van der Waals surface area contributed by atoms with Crippen LogP contribution in [0.25, 0.3) is 0 Å². The van der Waals surface area contributed by atoms with Crippen molar-refractivity contribution in [3.63, 3.8) is 0 Å². The highest BCUT2D eigenvalue weighted by Gasteiger charge is 2.13.